The van der Waals surface area contributed by atoms with Crippen LogP contribution in [0.4, 0.5) is 0 Å². The first kappa shape index (κ1) is 23.3. The van der Waals surface area contributed by atoms with E-state index in [9.17, 15) is 0 Å². The maximum Gasteiger partial charge on any atom is 0.0845 e. The van der Waals surface area contributed by atoms with E-state index in [1.807, 2.05) is 6.26 Å². The van der Waals surface area contributed by atoms with Crippen molar-refractivity contribution in [3.8, 4) is 0 Å². The Morgan fingerprint density at radius 1 is 0.964 bits per heavy atom. The van der Waals surface area contributed by atoms with Crippen molar-refractivity contribution in [1.29, 1.82) is 0 Å². The van der Waals surface area contributed by atoms with Crippen LogP contribution in [-0.2, 0) is 4.74 Å². The topological polar surface area (TPSA) is 15.7 Å². The first-order valence-electron chi connectivity index (χ1n) is 12.0. The van der Waals surface area contributed by atoms with Crippen molar-refractivity contribution in [3.63, 3.8) is 0 Å². The summed E-state index contributed by atoms with van der Waals surface area (Å²) in [4.78, 5) is 5.21. The summed E-state index contributed by atoms with van der Waals surface area (Å²) in [6.07, 6.45) is 16.4. The SMILES string of the molecule is CCCN1CCN(C(/C=C/OC)=C(/C)C2CCC(CCC)(CCC)CC2)CC1. The molecule has 1 saturated carbocycles. The number of hydrogen-bond donors (Lipinski definition) is 0. The van der Waals surface area contributed by atoms with Gasteiger partial charge in [0.25, 0.3) is 0 Å². The number of hydrogen-bond acceptors (Lipinski definition) is 3. The fraction of sp³-hybridized carbons (Fsp3) is 0.840. The van der Waals surface area contributed by atoms with Crippen LogP contribution in [0.2, 0.25) is 0 Å². The van der Waals surface area contributed by atoms with Gasteiger partial charge in [-0.05, 0) is 81.4 Å². The van der Waals surface area contributed by atoms with Crippen LogP contribution in [0.3, 0.4) is 0 Å². The zero-order valence-corrected chi connectivity index (χ0v) is 19.4. The molecule has 1 aliphatic heterocycles. The third-order valence-electron chi connectivity index (χ3n) is 7.24. The third kappa shape index (κ3) is 6.27. The molecule has 28 heavy (non-hydrogen) atoms. The predicted molar refractivity (Wildman–Crippen MR) is 121 cm³/mol. The average Bonchev–Trinajstić information content (AvgIpc) is 2.70. The molecular weight excluding hydrogens is 344 g/mol. The van der Waals surface area contributed by atoms with Gasteiger partial charge in [-0.2, -0.15) is 0 Å². The van der Waals surface area contributed by atoms with Crippen LogP contribution in [0.1, 0.15) is 85.5 Å². The second-order valence-electron chi connectivity index (χ2n) is 9.21. The van der Waals surface area contributed by atoms with E-state index < -0.39 is 0 Å². The monoisotopic (exact) mass is 390 g/mol. The molecule has 3 heteroatoms. The molecule has 0 amide bonds. The summed E-state index contributed by atoms with van der Waals surface area (Å²) >= 11 is 0. The molecule has 1 heterocycles. The van der Waals surface area contributed by atoms with Gasteiger partial charge in [0.1, 0.15) is 0 Å². The summed E-state index contributed by atoms with van der Waals surface area (Å²) in [6.45, 7) is 15.3. The molecule has 1 aliphatic carbocycles. The fourth-order valence-electron chi connectivity index (χ4n) is 5.71. The van der Waals surface area contributed by atoms with Crippen LogP contribution in [0, 0.1) is 11.3 Å². The van der Waals surface area contributed by atoms with Gasteiger partial charge in [0, 0.05) is 31.9 Å². The van der Waals surface area contributed by atoms with Crippen LogP contribution in [-0.4, -0.2) is 49.6 Å². The molecule has 3 nitrogen and oxygen atoms in total. The highest BCUT2D eigenvalue weighted by Gasteiger charge is 2.35. The molecule has 162 valence electrons. The van der Waals surface area contributed by atoms with Gasteiger partial charge < -0.3 is 9.64 Å². The van der Waals surface area contributed by atoms with Gasteiger partial charge in [-0.1, -0.05) is 33.6 Å². The maximum absolute atomic E-state index is 5.31. The lowest BCUT2D eigenvalue weighted by molar-refractivity contribution is 0.128. The van der Waals surface area contributed by atoms with Gasteiger partial charge in [-0.3, -0.25) is 4.90 Å². The third-order valence-corrected chi connectivity index (χ3v) is 7.24. The van der Waals surface area contributed by atoms with Crippen LogP contribution < -0.4 is 0 Å². The smallest absolute Gasteiger partial charge is 0.0845 e. The molecular formula is C25H46N2O. The number of piperazine rings is 1. The van der Waals surface area contributed by atoms with Gasteiger partial charge in [-0.15, -0.1) is 0 Å². The molecule has 0 atom stereocenters. The molecule has 0 aromatic rings. The van der Waals surface area contributed by atoms with E-state index in [2.05, 4.69) is 43.6 Å². The van der Waals surface area contributed by atoms with Crippen LogP contribution in [0.5, 0.6) is 0 Å². The van der Waals surface area contributed by atoms with E-state index in [4.69, 9.17) is 4.74 Å². The maximum atomic E-state index is 5.31. The summed E-state index contributed by atoms with van der Waals surface area (Å²) in [5, 5.41) is 0. The van der Waals surface area contributed by atoms with Crippen LogP contribution in [0.25, 0.3) is 0 Å². The minimum absolute atomic E-state index is 0.634. The Bertz CT molecular complexity index is 487. The first-order chi connectivity index (χ1) is 13.6. The number of allylic oxidation sites excluding steroid dienone is 2. The molecule has 2 rings (SSSR count). The van der Waals surface area contributed by atoms with Crippen molar-refractivity contribution in [2.24, 2.45) is 11.3 Å². The summed E-state index contributed by atoms with van der Waals surface area (Å²) in [5.41, 5.74) is 3.66. The zero-order chi connectivity index (χ0) is 20.4. The van der Waals surface area contributed by atoms with E-state index in [1.165, 1.54) is 83.1 Å². The largest absolute Gasteiger partial charge is 0.504 e. The van der Waals surface area contributed by atoms with Crippen molar-refractivity contribution in [2.75, 3.05) is 39.8 Å². The predicted octanol–water partition coefficient (Wildman–Crippen LogP) is 6.22. The van der Waals surface area contributed by atoms with Gasteiger partial charge in [0.15, 0.2) is 0 Å². The second-order valence-corrected chi connectivity index (χ2v) is 9.21. The van der Waals surface area contributed by atoms with E-state index in [0.29, 0.717) is 5.41 Å². The van der Waals surface area contributed by atoms with Crippen molar-refractivity contribution in [2.45, 2.75) is 85.5 Å². The van der Waals surface area contributed by atoms with E-state index in [0.717, 1.165) is 19.0 Å². The molecule has 0 radical (unpaired) electrons. The van der Waals surface area contributed by atoms with Crippen molar-refractivity contribution >= 4 is 0 Å². The highest BCUT2D eigenvalue weighted by Crippen LogP contribution is 2.47. The Morgan fingerprint density at radius 2 is 1.57 bits per heavy atom. The number of nitrogens with zero attached hydrogens (tertiary/aromatic N) is 2. The van der Waals surface area contributed by atoms with E-state index >= 15 is 0 Å². The van der Waals surface area contributed by atoms with E-state index in [1.54, 1.807) is 12.7 Å². The summed E-state index contributed by atoms with van der Waals surface area (Å²) < 4.78 is 5.31. The molecule has 0 aromatic carbocycles. The molecule has 0 unspecified atom stereocenters. The Kier molecular flexibility index (Phi) is 9.91. The lowest BCUT2D eigenvalue weighted by Gasteiger charge is -2.42. The number of ether oxygens (including phenoxy) is 1. The standard InChI is InChI=1S/C25H46N2O/c1-6-12-25(13-7-2)14-9-23(10-15-25)22(4)24(11-21-28-5)27-19-17-26(16-8-3)18-20-27/h11,21,23H,6-10,12-20H2,1-5H3/b21-11+,24-22-. The summed E-state index contributed by atoms with van der Waals surface area (Å²) in [6, 6.07) is 0. The molecule has 2 aliphatic rings. The molecule has 2 fully saturated rings. The Hall–Kier alpha value is -0.960. The molecule has 1 saturated heterocycles. The van der Waals surface area contributed by atoms with E-state index in [-0.39, 0.29) is 0 Å². The number of methoxy groups -OCH3 is 1. The molecule has 0 spiro atoms. The van der Waals surface area contributed by atoms with Crippen LogP contribution in [0.15, 0.2) is 23.6 Å². The highest BCUT2D eigenvalue weighted by molar-refractivity contribution is 5.26. The number of rotatable bonds is 10. The second kappa shape index (κ2) is 11.9. The van der Waals surface area contributed by atoms with Gasteiger partial charge in [0.2, 0.25) is 0 Å². The minimum Gasteiger partial charge on any atom is -0.504 e. The highest BCUT2D eigenvalue weighted by atomic mass is 16.5. The first-order valence-corrected chi connectivity index (χ1v) is 12.0. The van der Waals surface area contributed by atoms with Crippen LogP contribution >= 0.6 is 0 Å². The van der Waals surface area contributed by atoms with Crippen molar-refractivity contribution in [3.05, 3.63) is 23.6 Å². The minimum atomic E-state index is 0.634. The average molecular weight is 391 g/mol. The normalized spacial score (nSPS) is 22.5. The van der Waals surface area contributed by atoms with Gasteiger partial charge >= 0.3 is 0 Å². The zero-order valence-electron chi connectivity index (χ0n) is 19.4. The van der Waals surface area contributed by atoms with Crippen molar-refractivity contribution in [1.82, 2.24) is 9.80 Å². The molecule has 0 N–H and O–H groups in total. The lowest BCUT2D eigenvalue weighted by atomic mass is 9.65. The lowest BCUT2D eigenvalue weighted by Crippen LogP contribution is -2.46. The Labute approximate surface area is 175 Å². The van der Waals surface area contributed by atoms with Gasteiger partial charge in [0.05, 0.1) is 13.4 Å². The summed E-state index contributed by atoms with van der Waals surface area (Å²) in [5.74, 6) is 0.743. The van der Waals surface area contributed by atoms with Gasteiger partial charge in [-0.25, -0.2) is 0 Å². The Morgan fingerprint density at radius 3 is 2.07 bits per heavy atom. The fourth-order valence-corrected chi connectivity index (χ4v) is 5.71. The summed E-state index contributed by atoms with van der Waals surface area (Å²) in [7, 11) is 1.76. The Balaban J connectivity index is 2.08. The molecule has 0 bridgehead atoms. The molecule has 0 aromatic heterocycles. The quantitative estimate of drug-likeness (QED) is 0.325. The van der Waals surface area contributed by atoms with Crippen molar-refractivity contribution < 1.29 is 4.74 Å².